The molecule has 0 radical (unpaired) electrons. The van der Waals surface area contributed by atoms with Gasteiger partial charge in [-0.25, -0.2) is 14.4 Å². The first-order chi connectivity index (χ1) is 59.8. The first-order valence-electron chi connectivity index (χ1n) is 48.9. The minimum absolute atomic E-state index is 0. The van der Waals surface area contributed by atoms with Gasteiger partial charge in [0.1, 0.15) is 11.4 Å². The molecule has 6 saturated carbocycles. The maximum Gasteiger partial charge on any atom is 0.338 e. The quantitative estimate of drug-likeness (QED) is 0.00615. The number of piperidine rings is 1. The number of phenols is 1. The van der Waals surface area contributed by atoms with Crippen LogP contribution in [0, 0.1) is 72.5 Å². The van der Waals surface area contributed by atoms with E-state index in [2.05, 4.69) is 146 Å². The van der Waals surface area contributed by atoms with Crippen LogP contribution < -0.4 is 28.3 Å². The summed E-state index contributed by atoms with van der Waals surface area (Å²) in [5.41, 5.74) is 27.7. The van der Waals surface area contributed by atoms with Crippen molar-refractivity contribution in [2.45, 2.75) is 367 Å². The zero-order valence-corrected chi connectivity index (χ0v) is 81.1. The van der Waals surface area contributed by atoms with Crippen molar-refractivity contribution in [3.05, 3.63) is 182 Å². The third-order valence-electron chi connectivity index (χ3n) is 24.2. The van der Waals surface area contributed by atoms with Crippen molar-refractivity contribution >= 4 is 46.4 Å². The van der Waals surface area contributed by atoms with Gasteiger partial charge in [0.05, 0.1) is 29.9 Å². The van der Waals surface area contributed by atoms with Crippen LogP contribution in [0.25, 0.3) is 0 Å². The normalized spacial score (nSPS) is 17.2. The number of nitrogens with two attached hydrogens (primary N) is 2. The molecule has 0 aromatic heterocycles. The smallest absolute Gasteiger partial charge is 0.338 e. The number of carbonyl (C=O) groups excluding carboxylic acids is 4. The standard InChI is InChI=1S/C31H41NO2.C23H29NO3.C22H34N2O.C19H23NO2.C7H16.3C3H8.H3N/c1-20-7-6-8-21(2)27(20)19-32-28-14-25(29(33)34-30(3,4)5)9-10-26(28)18-31-15-22-11-23(16-31)13-24(12-22)17-31;1-2-27-23(26)19-13-12-18(14-17-8-4-3-5-9-17)21(15-19)24-16-20-10-6-7-11-22(20)25;23-21-17-20(12-11-19(21)16-18-8-3-1-4-9-18)22(25)10-7-15-24-13-5-2-6-14-24;1-3-5-6-7-8-9-10-11-12-16-13-14-17(15-18(16)20)19(21)22-4-2;1-3-5-7-6-4-2;3*1-3-2;/h6-10,14,22-24,32H,11-13,15-19H2,1-5H3;6-7,10-13,15,17,24-25H,2-5,8-9,14,16H2,1H3;11-12,17-18H,1-10,13-16,23H2;13-15H,3-6,11-12,20H2,1-2H3;3-7H2,1-2H3;3*3H2,1-2H3;1H3. The number of nitrogens with zero attached hydrogens (tertiary/aromatic N) is 1. The number of nitrogen functional groups attached to an aromatic ring is 2. The van der Waals surface area contributed by atoms with E-state index in [9.17, 15) is 24.3 Å². The van der Waals surface area contributed by atoms with Crippen molar-refractivity contribution in [1.29, 1.82) is 0 Å². The Labute approximate surface area is 760 Å². The topological polar surface area (TPSA) is 231 Å². The number of phenolic OH excluding ortho intramolecular Hbond substituents is 1. The summed E-state index contributed by atoms with van der Waals surface area (Å²) >= 11 is 0. The van der Waals surface area contributed by atoms with Gasteiger partial charge in [-0.15, -0.1) is 0 Å². The van der Waals surface area contributed by atoms with Crippen LogP contribution in [0.2, 0.25) is 0 Å². The molecular formula is C111H170N6O8. The lowest BCUT2D eigenvalue weighted by Crippen LogP contribution is -2.47. The molecule has 1 aliphatic heterocycles. The van der Waals surface area contributed by atoms with Crippen LogP contribution in [-0.4, -0.2) is 72.1 Å². The molecule has 14 nitrogen and oxygen atoms in total. The summed E-state index contributed by atoms with van der Waals surface area (Å²) in [4.78, 5) is 51.6. The van der Waals surface area contributed by atoms with Crippen LogP contribution in [0.15, 0.2) is 115 Å². The number of aromatic hydroxyl groups is 1. The second-order valence-electron chi connectivity index (χ2n) is 37.0. The average Bonchev–Trinajstić information content (AvgIpc) is 0.744. The Kier molecular flexibility index (Phi) is 53.8. The van der Waals surface area contributed by atoms with Crippen LogP contribution in [0.5, 0.6) is 5.75 Å². The van der Waals surface area contributed by atoms with Crippen LogP contribution in [0.3, 0.4) is 0 Å². The third kappa shape index (κ3) is 41.4. The second-order valence-corrected chi connectivity index (χ2v) is 37.0. The number of rotatable bonds is 30. The van der Waals surface area contributed by atoms with E-state index in [1.54, 1.807) is 25.1 Å². The van der Waals surface area contributed by atoms with Crippen molar-refractivity contribution in [2.75, 3.05) is 54.9 Å². The number of carbonyl (C=O) groups is 4. The van der Waals surface area contributed by atoms with Gasteiger partial charge in [0.15, 0.2) is 5.78 Å². The fourth-order valence-corrected chi connectivity index (χ4v) is 18.4. The highest BCUT2D eigenvalue weighted by Crippen LogP contribution is 2.61. The van der Waals surface area contributed by atoms with E-state index in [1.165, 1.54) is 220 Å². The lowest BCUT2D eigenvalue weighted by molar-refractivity contribution is -0.0521. The molecule has 1 heterocycles. The number of hydrogen-bond donors (Lipinski definition) is 6. The number of likely N-dealkylation sites (tertiary alicyclic amines) is 1. The fraction of sp³-hybridized carbons (Fsp3) is 0.604. The molecule has 1 saturated heterocycles. The van der Waals surface area contributed by atoms with E-state index >= 15 is 0 Å². The summed E-state index contributed by atoms with van der Waals surface area (Å²) in [6.07, 6.45) is 46.1. The molecule has 10 N–H and O–H groups in total. The summed E-state index contributed by atoms with van der Waals surface area (Å²) in [7, 11) is 0. The predicted octanol–water partition coefficient (Wildman–Crippen LogP) is 28.7. The first-order valence-corrected chi connectivity index (χ1v) is 48.9. The molecule has 0 amide bonds. The summed E-state index contributed by atoms with van der Waals surface area (Å²) in [6, 6.07) is 37.1. The van der Waals surface area contributed by atoms with Crippen molar-refractivity contribution in [1.82, 2.24) is 11.1 Å². The van der Waals surface area contributed by atoms with Crippen molar-refractivity contribution in [2.24, 2.45) is 35.0 Å². The molecule has 692 valence electrons. The number of anilines is 4. The third-order valence-corrected chi connectivity index (χ3v) is 24.2. The van der Waals surface area contributed by atoms with Gasteiger partial charge in [-0.2, -0.15) is 0 Å². The molecule has 14 heteroatoms. The number of esters is 3. The molecule has 6 aromatic rings. The molecule has 6 aliphatic carbocycles. The predicted molar refractivity (Wildman–Crippen MR) is 530 cm³/mol. The minimum Gasteiger partial charge on any atom is -0.508 e. The van der Waals surface area contributed by atoms with Crippen molar-refractivity contribution < 1.29 is 38.5 Å². The van der Waals surface area contributed by atoms with E-state index < -0.39 is 5.60 Å². The number of nitrogens with one attached hydrogen (secondary N) is 2. The zero-order chi connectivity index (χ0) is 90.5. The number of ketones is 1. The summed E-state index contributed by atoms with van der Waals surface area (Å²) in [6.45, 7) is 38.6. The number of unbranched alkanes of at least 4 members (excludes halogenated alkanes) is 6. The number of ether oxygens (including phenoxy) is 3. The fourth-order valence-electron chi connectivity index (χ4n) is 18.4. The number of benzene rings is 6. The van der Waals surface area contributed by atoms with Gasteiger partial charge in [-0.05, 0) is 292 Å². The van der Waals surface area contributed by atoms with Crippen molar-refractivity contribution in [3.63, 3.8) is 0 Å². The van der Waals surface area contributed by atoms with Gasteiger partial charge in [0, 0.05) is 66.2 Å². The van der Waals surface area contributed by atoms with Gasteiger partial charge in [0.2, 0.25) is 0 Å². The average molecular weight is 1720 g/mol. The minimum atomic E-state index is -0.499. The maximum absolute atomic E-state index is 12.9. The number of para-hydroxylation sites is 1. The monoisotopic (exact) mass is 1720 g/mol. The van der Waals surface area contributed by atoms with Crippen LogP contribution >= 0.6 is 0 Å². The van der Waals surface area contributed by atoms with Gasteiger partial charge in [0.25, 0.3) is 0 Å². The highest BCUT2D eigenvalue weighted by molar-refractivity contribution is 5.97. The summed E-state index contributed by atoms with van der Waals surface area (Å²) in [5, 5.41) is 17.2. The summed E-state index contributed by atoms with van der Waals surface area (Å²) in [5.74, 6) is 15.7. The summed E-state index contributed by atoms with van der Waals surface area (Å²) < 4.78 is 15.8. The van der Waals surface area contributed by atoms with Crippen LogP contribution in [-0.2, 0) is 53.0 Å². The number of Topliss-reactive ketones (excluding diaryl/α,β-unsaturated/α-hetero) is 1. The Hall–Kier alpha value is -8.56. The Morgan fingerprint density at radius 2 is 0.936 bits per heavy atom. The molecule has 4 bridgehead atoms. The zero-order valence-electron chi connectivity index (χ0n) is 81.1. The molecule has 125 heavy (non-hydrogen) atoms. The second kappa shape index (κ2) is 61.8. The Bertz CT molecular complexity index is 4130. The van der Waals surface area contributed by atoms with Gasteiger partial charge in [-0.1, -0.05) is 269 Å². The SMILES string of the molecule is CCC.CCC.CCC.CCCCC#CC#CCCc1ccc(C(=O)OCC)cc1N.CCCCCCC.CCOC(=O)c1ccc(CC2CCCCC2)c(NCc2ccccc2O)c1.Cc1cccc(C)c1CNc1cc(C(=O)OC(C)(C)C)ccc1CC12CC3CC(CC(C3)C1)C2.N.Nc1cc(C(=O)CCCN2CCCCC2)ccc1CC1CCCCC1. The highest BCUT2D eigenvalue weighted by Gasteiger charge is 2.51. The molecule has 7 aliphatic rings. The van der Waals surface area contributed by atoms with E-state index in [0.717, 1.165) is 122 Å². The molecule has 6 aromatic carbocycles. The van der Waals surface area contributed by atoms with Gasteiger partial charge in [-0.3, -0.25) is 4.79 Å². The van der Waals surface area contributed by atoms with E-state index in [0.29, 0.717) is 66.3 Å². The van der Waals surface area contributed by atoms with E-state index in [4.69, 9.17) is 25.7 Å². The Balaban J connectivity index is 0.000000332. The lowest BCUT2D eigenvalue weighted by Gasteiger charge is -2.57. The lowest BCUT2D eigenvalue weighted by atomic mass is 9.48. The molecule has 0 unspecified atom stereocenters. The number of hydrogen-bond acceptors (Lipinski definition) is 14. The van der Waals surface area contributed by atoms with Crippen molar-refractivity contribution in [3.8, 4) is 29.4 Å². The molecule has 7 fully saturated rings. The maximum atomic E-state index is 12.9. The van der Waals surface area contributed by atoms with Crippen LogP contribution in [0.4, 0.5) is 22.7 Å². The first kappa shape index (κ1) is 109. The molecule has 13 rings (SSSR count). The Morgan fingerprint density at radius 1 is 0.488 bits per heavy atom. The molecule has 0 spiro atoms. The number of aryl methyl sites for hydroxylation is 3. The molecular weight excluding hydrogens is 1550 g/mol. The molecule has 0 atom stereocenters. The van der Waals surface area contributed by atoms with Gasteiger partial charge >= 0.3 is 17.9 Å². The van der Waals surface area contributed by atoms with E-state index in [-0.39, 0.29) is 35.6 Å². The Morgan fingerprint density at radius 3 is 1.45 bits per heavy atom. The van der Waals surface area contributed by atoms with Crippen LogP contribution in [0.1, 0.15) is 395 Å². The largest absolute Gasteiger partial charge is 0.508 e. The highest BCUT2D eigenvalue weighted by atomic mass is 16.6. The van der Waals surface area contributed by atoms with Gasteiger partial charge < -0.3 is 52.5 Å². The van der Waals surface area contributed by atoms with E-state index in [1.807, 2.05) is 94.4 Å².